The Morgan fingerprint density at radius 2 is 2.14 bits per heavy atom. The number of carbonyl (C=O) groups is 1. The smallest absolute Gasteiger partial charge is 0.223 e. The number of rotatable bonds is 4. The fourth-order valence-corrected chi connectivity index (χ4v) is 3.59. The molecule has 0 bridgehead atoms. The third kappa shape index (κ3) is 3.28. The minimum Gasteiger partial charge on any atom is -0.381 e. The largest absolute Gasteiger partial charge is 0.381 e. The summed E-state index contributed by atoms with van der Waals surface area (Å²) >= 11 is 6.08. The van der Waals surface area contributed by atoms with E-state index in [1.54, 1.807) is 12.1 Å². The van der Waals surface area contributed by atoms with Crippen molar-refractivity contribution in [1.82, 2.24) is 5.32 Å². The van der Waals surface area contributed by atoms with Gasteiger partial charge in [-0.25, -0.2) is 4.39 Å². The Labute approximate surface area is 135 Å². The molecule has 1 saturated heterocycles. The zero-order valence-corrected chi connectivity index (χ0v) is 13.4. The third-order valence-corrected chi connectivity index (χ3v) is 5.20. The Morgan fingerprint density at radius 1 is 1.41 bits per heavy atom. The Hall–Kier alpha value is -1.13. The first-order valence-electron chi connectivity index (χ1n) is 7.90. The van der Waals surface area contributed by atoms with Crippen LogP contribution in [0.1, 0.15) is 37.7 Å². The number of halogens is 2. The van der Waals surface area contributed by atoms with Crippen LogP contribution in [-0.2, 0) is 9.53 Å². The lowest BCUT2D eigenvalue weighted by Crippen LogP contribution is -2.37. The van der Waals surface area contributed by atoms with Crippen molar-refractivity contribution >= 4 is 17.5 Å². The topological polar surface area (TPSA) is 38.3 Å². The highest BCUT2D eigenvalue weighted by molar-refractivity contribution is 6.31. The van der Waals surface area contributed by atoms with Gasteiger partial charge < -0.3 is 10.1 Å². The molecule has 1 aromatic carbocycles. The van der Waals surface area contributed by atoms with Crippen LogP contribution in [0.2, 0.25) is 5.02 Å². The van der Waals surface area contributed by atoms with Crippen LogP contribution >= 0.6 is 11.6 Å². The van der Waals surface area contributed by atoms with Gasteiger partial charge in [0.15, 0.2) is 0 Å². The van der Waals surface area contributed by atoms with Crippen molar-refractivity contribution in [2.75, 3.05) is 13.2 Å². The van der Waals surface area contributed by atoms with Crippen molar-refractivity contribution in [3.63, 3.8) is 0 Å². The third-order valence-electron chi connectivity index (χ3n) is 4.88. The summed E-state index contributed by atoms with van der Waals surface area (Å²) in [4.78, 5) is 12.4. The maximum absolute atomic E-state index is 13.9. The average molecular weight is 326 g/mol. The van der Waals surface area contributed by atoms with Gasteiger partial charge in [0.05, 0.1) is 0 Å². The van der Waals surface area contributed by atoms with Gasteiger partial charge in [-0.05, 0) is 37.3 Å². The van der Waals surface area contributed by atoms with Crippen LogP contribution in [0.5, 0.6) is 0 Å². The van der Waals surface area contributed by atoms with E-state index in [0.29, 0.717) is 16.5 Å². The number of benzene rings is 1. The van der Waals surface area contributed by atoms with Crippen LogP contribution in [-0.4, -0.2) is 25.2 Å². The maximum atomic E-state index is 13.9. The second-order valence-corrected chi connectivity index (χ2v) is 6.74. The molecule has 2 fully saturated rings. The van der Waals surface area contributed by atoms with Gasteiger partial charge in [0.2, 0.25) is 5.91 Å². The number of hydrogen-bond acceptors (Lipinski definition) is 2. The van der Waals surface area contributed by atoms with Crippen molar-refractivity contribution in [2.24, 2.45) is 11.8 Å². The van der Waals surface area contributed by atoms with E-state index in [4.69, 9.17) is 16.3 Å². The summed E-state index contributed by atoms with van der Waals surface area (Å²) in [6.07, 6.45) is 2.62. The lowest BCUT2D eigenvalue weighted by Gasteiger charge is -2.27. The van der Waals surface area contributed by atoms with Gasteiger partial charge in [-0.3, -0.25) is 4.79 Å². The number of amides is 1. The summed E-state index contributed by atoms with van der Waals surface area (Å²) in [5, 5.41) is 3.49. The molecule has 5 heteroatoms. The van der Waals surface area contributed by atoms with Crippen molar-refractivity contribution in [3.05, 3.63) is 34.6 Å². The monoisotopic (exact) mass is 325 g/mol. The van der Waals surface area contributed by atoms with Crippen molar-refractivity contribution < 1.29 is 13.9 Å². The number of hydrogen-bond donors (Lipinski definition) is 1. The van der Waals surface area contributed by atoms with Crippen LogP contribution in [0.4, 0.5) is 4.39 Å². The number of nitrogens with one attached hydrogen (secondary N) is 1. The summed E-state index contributed by atoms with van der Waals surface area (Å²) in [5.41, 5.74) is 0.535. The minimum absolute atomic E-state index is 0.000427. The summed E-state index contributed by atoms with van der Waals surface area (Å²) < 4.78 is 19.2. The molecule has 3 atom stereocenters. The van der Waals surface area contributed by atoms with Crippen LogP contribution in [0.3, 0.4) is 0 Å². The first-order chi connectivity index (χ1) is 10.6. The van der Waals surface area contributed by atoms with Gasteiger partial charge in [-0.1, -0.05) is 24.6 Å². The summed E-state index contributed by atoms with van der Waals surface area (Å²) in [6, 6.07) is 4.72. The van der Waals surface area contributed by atoms with E-state index in [1.807, 2.05) is 6.92 Å². The summed E-state index contributed by atoms with van der Waals surface area (Å²) in [6.45, 7) is 3.44. The lowest BCUT2D eigenvalue weighted by atomic mass is 9.87. The fourth-order valence-electron chi connectivity index (χ4n) is 3.28. The highest BCUT2D eigenvalue weighted by Gasteiger charge is 2.43. The van der Waals surface area contributed by atoms with Crippen LogP contribution < -0.4 is 5.32 Å². The Bertz CT molecular complexity index is 539. The van der Waals surface area contributed by atoms with Crippen molar-refractivity contribution in [1.29, 1.82) is 0 Å². The highest BCUT2D eigenvalue weighted by atomic mass is 35.5. The molecule has 3 nitrogen and oxygen atoms in total. The molecule has 3 rings (SSSR count). The van der Waals surface area contributed by atoms with E-state index in [0.717, 1.165) is 32.5 Å². The molecule has 0 aromatic heterocycles. The molecule has 2 aliphatic rings. The molecule has 1 heterocycles. The zero-order valence-electron chi connectivity index (χ0n) is 12.6. The fraction of sp³-hybridized carbons (Fsp3) is 0.588. The number of ether oxygens (including phenoxy) is 1. The highest BCUT2D eigenvalue weighted by Crippen LogP contribution is 2.45. The van der Waals surface area contributed by atoms with Gasteiger partial charge in [-0.2, -0.15) is 0 Å². The van der Waals surface area contributed by atoms with Crippen LogP contribution in [0, 0.1) is 17.7 Å². The Balaban J connectivity index is 1.58. The zero-order chi connectivity index (χ0) is 15.7. The first kappa shape index (κ1) is 15.8. The molecule has 1 aliphatic heterocycles. The van der Waals surface area contributed by atoms with Gasteiger partial charge in [0, 0.05) is 41.7 Å². The standard InChI is InChI=1S/C17H21ClFNO2/c1-10(11-5-7-22-8-6-11)17(21)20-15-9-12(15)16-13(18)3-2-4-14(16)19/h2-4,10-12,15H,5-9H2,1H3,(H,20,21)/t10-,12-,15-/m0/s1. The van der Waals surface area contributed by atoms with Crippen LogP contribution in [0.15, 0.2) is 18.2 Å². The first-order valence-corrected chi connectivity index (χ1v) is 8.27. The molecule has 0 radical (unpaired) electrons. The molecule has 1 N–H and O–H groups in total. The molecular formula is C17H21ClFNO2. The lowest BCUT2D eigenvalue weighted by molar-refractivity contribution is -0.127. The van der Waals surface area contributed by atoms with Gasteiger partial charge in [-0.15, -0.1) is 0 Å². The van der Waals surface area contributed by atoms with E-state index in [-0.39, 0.29) is 29.6 Å². The minimum atomic E-state index is -0.285. The maximum Gasteiger partial charge on any atom is 0.223 e. The molecule has 1 aliphatic carbocycles. The molecule has 0 spiro atoms. The average Bonchev–Trinajstić information content (AvgIpc) is 3.26. The summed E-state index contributed by atoms with van der Waals surface area (Å²) in [5.74, 6) is 0.127. The predicted molar refractivity (Wildman–Crippen MR) is 83.4 cm³/mol. The van der Waals surface area contributed by atoms with Gasteiger partial charge >= 0.3 is 0 Å². The van der Waals surface area contributed by atoms with E-state index < -0.39 is 0 Å². The van der Waals surface area contributed by atoms with E-state index in [1.165, 1.54) is 6.07 Å². The quantitative estimate of drug-likeness (QED) is 0.920. The molecular weight excluding hydrogens is 305 g/mol. The Morgan fingerprint density at radius 3 is 2.82 bits per heavy atom. The predicted octanol–water partition coefficient (Wildman–Crippen LogP) is 3.51. The molecule has 1 saturated carbocycles. The molecule has 22 heavy (non-hydrogen) atoms. The van der Waals surface area contributed by atoms with E-state index >= 15 is 0 Å². The SMILES string of the molecule is C[C@H](C(=O)N[C@H]1C[C@@H]1c1c(F)cccc1Cl)C1CCOCC1. The molecule has 120 valence electrons. The van der Waals surface area contributed by atoms with E-state index in [2.05, 4.69) is 5.32 Å². The molecule has 1 amide bonds. The van der Waals surface area contributed by atoms with Gasteiger partial charge in [0.1, 0.15) is 5.82 Å². The second-order valence-electron chi connectivity index (χ2n) is 6.33. The van der Waals surface area contributed by atoms with E-state index in [9.17, 15) is 9.18 Å². The normalized spacial score (nSPS) is 26.5. The number of carbonyl (C=O) groups excluding carboxylic acids is 1. The van der Waals surface area contributed by atoms with Crippen molar-refractivity contribution in [3.8, 4) is 0 Å². The molecule has 1 aromatic rings. The summed E-state index contributed by atoms with van der Waals surface area (Å²) in [7, 11) is 0. The Kier molecular flexibility index (Phi) is 4.69. The second kappa shape index (κ2) is 6.55. The molecule has 0 unspecified atom stereocenters. The van der Waals surface area contributed by atoms with Crippen LogP contribution in [0.25, 0.3) is 0 Å². The van der Waals surface area contributed by atoms with Gasteiger partial charge in [0.25, 0.3) is 0 Å². The van der Waals surface area contributed by atoms with Crippen molar-refractivity contribution in [2.45, 2.75) is 38.1 Å².